The summed E-state index contributed by atoms with van der Waals surface area (Å²) in [7, 11) is 3.38. The third-order valence-corrected chi connectivity index (χ3v) is 4.04. The Morgan fingerprint density at radius 2 is 1.80 bits per heavy atom. The molecule has 0 unspecified atom stereocenters. The van der Waals surface area contributed by atoms with E-state index in [0.717, 1.165) is 11.5 Å². The van der Waals surface area contributed by atoms with E-state index in [9.17, 15) is 4.79 Å². The summed E-state index contributed by atoms with van der Waals surface area (Å²) in [5, 5.41) is 9.24. The molecule has 0 saturated carbocycles. The Bertz CT molecular complexity index is 768. The maximum atomic E-state index is 11.7. The number of rotatable bonds is 5. The molecular weight excluding hydrogens is 312 g/mol. The van der Waals surface area contributed by atoms with Gasteiger partial charge in [-0.1, -0.05) is 35.9 Å². The van der Waals surface area contributed by atoms with Crippen molar-refractivity contribution < 1.29 is 4.79 Å². The van der Waals surface area contributed by atoms with E-state index in [4.69, 9.17) is 0 Å². The summed E-state index contributed by atoms with van der Waals surface area (Å²) < 4.78 is 0. The molecule has 5 heteroatoms. The van der Waals surface area contributed by atoms with Gasteiger partial charge in [0, 0.05) is 32.7 Å². The lowest BCUT2D eigenvalue weighted by atomic mass is 10.1. The van der Waals surface area contributed by atoms with Gasteiger partial charge in [0.05, 0.1) is 0 Å². The van der Waals surface area contributed by atoms with E-state index < -0.39 is 0 Å². The lowest BCUT2D eigenvalue weighted by Gasteiger charge is -2.14. The van der Waals surface area contributed by atoms with Crippen LogP contribution in [0, 0.1) is 13.8 Å². The Morgan fingerprint density at radius 1 is 1.04 bits per heavy atom. The van der Waals surface area contributed by atoms with Crippen LogP contribution >= 0.6 is 0 Å². The highest BCUT2D eigenvalue weighted by Crippen LogP contribution is 2.10. The smallest absolute Gasteiger partial charge is 0.251 e. The van der Waals surface area contributed by atoms with Crippen molar-refractivity contribution in [1.82, 2.24) is 16.0 Å². The van der Waals surface area contributed by atoms with Gasteiger partial charge in [-0.2, -0.15) is 0 Å². The quantitative estimate of drug-likeness (QED) is 0.580. The maximum Gasteiger partial charge on any atom is 0.251 e. The minimum atomic E-state index is -0.0841. The number of amides is 1. The van der Waals surface area contributed by atoms with Crippen molar-refractivity contribution in [1.29, 1.82) is 0 Å². The van der Waals surface area contributed by atoms with Crippen molar-refractivity contribution in [3.63, 3.8) is 0 Å². The predicted octanol–water partition coefficient (Wildman–Crippen LogP) is 2.53. The first kappa shape index (κ1) is 18.5. The third kappa shape index (κ3) is 5.35. The second-order valence-electron chi connectivity index (χ2n) is 5.99. The van der Waals surface area contributed by atoms with Crippen LogP contribution in [0.25, 0.3) is 0 Å². The van der Waals surface area contributed by atoms with Gasteiger partial charge < -0.3 is 16.0 Å². The van der Waals surface area contributed by atoms with E-state index in [0.29, 0.717) is 18.7 Å². The molecular formula is C20H26N4O. The predicted molar refractivity (Wildman–Crippen MR) is 103 cm³/mol. The molecule has 0 heterocycles. The molecule has 0 aromatic heterocycles. The fourth-order valence-corrected chi connectivity index (χ4v) is 2.60. The van der Waals surface area contributed by atoms with Gasteiger partial charge in [-0.05, 0) is 42.7 Å². The highest BCUT2D eigenvalue weighted by Gasteiger charge is 2.05. The van der Waals surface area contributed by atoms with E-state index in [1.54, 1.807) is 20.2 Å². The minimum Gasteiger partial charge on any atom is -0.355 e. The number of nitrogens with zero attached hydrogens (tertiary/aromatic N) is 1. The summed E-state index contributed by atoms with van der Waals surface area (Å²) in [5.41, 5.74) is 5.45. The molecule has 0 aliphatic carbocycles. The number of hydrogen-bond donors (Lipinski definition) is 3. The van der Waals surface area contributed by atoms with Crippen LogP contribution in [-0.2, 0) is 13.1 Å². The molecule has 0 saturated heterocycles. The molecule has 0 atom stereocenters. The fraction of sp³-hybridized carbons (Fsp3) is 0.300. The van der Waals surface area contributed by atoms with Crippen LogP contribution in [0.15, 0.2) is 47.5 Å². The molecule has 5 nitrogen and oxygen atoms in total. The number of benzene rings is 2. The first-order valence-corrected chi connectivity index (χ1v) is 8.35. The third-order valence-electron chi connectivity index (χ3n) is 4.04. The summed E-state index contributed by atoms with van der Waals surface area (Å²) in [6.07, 6.45) is 0. The molecule has 0 aliphatic rings. The number of carbonyl (C=O) groups excluding carboxylic acids is 1. The monoisotopic (exact) mass is 338 g/mol. The number of aliphatic imine (C=N–C) groups is 1. The SMILES string of the molecule is CN=C(NCc1cccc(C(=O)NC)c1)NCc1ccc(C)cc1C. The minimum absolute atomic E-state index is 0.0841. The molecule has 0 aliphatic heterocycles. The lowest BCUT2D eigenvalue weighted by Crippen LogP contribution is -2.36. The average Bonchev–Trinajstić information content (AvgIpc) is 2.62. The van der Waals surface area contributed by atoms with Crippen LogP contribution in [0.1, 0.15) is 32.6 Å². The molecule has 1 amide bonds. The first-order chi connectivity index (χ1) is 12.0. The Balaban J connectivity index is 1.93. The first-order valence-electron chi connectivity index (χ1n) is 8.35. The molecule has 0 bridgehead atoms. The van der Waals surface area contributed by atoms with E-state index in [2.05, 4.69) is 53.0 Å². The number of guanidine groups is 1. The Morgan fingerprint density at radius 3 is 2.48 bits per heavy atom. The van der Waals surface area contributed by atoms with Crippen molar-refractivity contribution in [3.8, 4) is 0 Å². The van der Waals surface area contributed by atoms with E-state index in [1.807, 2.05) is 18.2 Å². The van der Waals surface area contributed by atoms with Crippen LogP contribution in [0.5, 0.6) is 0 Å². The second-order valence-corrected chi connectivity index (χ2v) is 5.99. The van der Waals surface area contributed by atoms with Gasteiger partial charge >= 0.3 is 0 Å². The van der Waals surface area contributed by atoms with Gasteiger partial charge in [0.15, 0.2) is 5.96 Å². The lowest BCUT2D eigenvalue weighted by molar-refractivity contribution is 0.0963. The summed E-state index contributed by atoms with van der Waals surface area (Å²) in [6.45, 7) is 5.52. The zero-order chi connectivity index (χ0) is 18.2. The van der Waals surface area contributed by atoms with Crippen LogP contribution < -0.4 is 16.0 Å². The summed E-state index contributed by atoms with van der Waals surface area (Å²) in [5.74, 6) is 0.643. The molecule has 0 spiro atoms. The highest BCUT2D eigenvalue weighted by molar-refractivity contribution is 5.94. The molecule has 2 rings (SSSR count). The van der Waals surface area contributed by atoms with E-state index >= 15 is 0 Å². The van der Waals surface area contributed by atoms with Crippen LogP contribution in [0.2, 0.25) is 0 Å². The molecule has 3 N–H and O–H groups in total. The molecule has 2 aromatic rings. The van der Waals surface area contributed by atoms with Crippen LogP contribution in [-0.4, -0.2) is 26.0 Å². The van der Waals surface area contributed by atoms with Gasteiger partial charge in [-0.15, -0.1) is 0 Å². The zero-order valence-electron chi connectivity index (χ0n) is 15.3. The van der Waals surface area contributed by atoms with Crippen molar-refractivity contribution in [3.05, 3.63) is 70.3 Å². The zero-order valence-corrected chi connectivity index (χ0v) is 15.3. The summed E-state index contributed by atoms with van der Waals surface area (Å²) >= 11 is 0. The van der Waals surface area contributed by atoms with Gasteiger partial charge in [0.25, 0.3) is 5.91 Å². The summed E-state index contributed by atoms with van der Waals surface area (Å²) in [4.78, 5) is 16.0. The Kier molecular flexibility index (Phi) is 6.57. The Labute approximate surface area is 149 Å². The standard InChI is InChI=1S/C20H26N4O/c1-14-8-9-18(15(2)10-14)13-24-20(22-4)23-12-16-6-5-7-17(11-16)19(25)21-3/h5-11H,12-13H2,1-4H3,(H,21,25)(H2,22,23,24). The van der Waals surface area contributed by atoms with Gasteiger partial charge in [0.1, 0.15) is 0 Å². The van der Waals surface area contributed by atoms with Crippen LogP contribution in [0.3, 0.4) is 0 Å². The van der Waals surface area contributed by atoms with Gasteiger partial charge in [-0.3, -0.25) is 9.79 Å². The second kappa shape index (κ2) is 8.87. The maximum absolute atomic E-state index is 11.7. The van der Waals surface area contributed by atoms with Crippen molar-refractivity contribution in [2.24, 2.45) is 4.99 Å². The number of carbonyl (C=O) groups is 1. The summed E-state index contributed by atoms with van der Waals surface area (Å²) in [6, 6.07) is 14.0. The number of nitrogens with one attached hydrogen (secondary N) is 3. The van der Waals surface area contributed by atoms with Crippen molar-refractivity contribution >= 4 is 11.9 Å². The normalized spacial score (nSPS) is 11.1. The molecule has 132 valence electrons. The molecule has 25 heavy (non-hydrogen) atoms. The van der Waals surface area contributed by atoms with Crippen molar-refractivity contribution in [2.75, 3.05) is 14.1 Å². The Hall–Kier alpha value is -2.82. The highest BCUT2D eigenvalue weighted by atomic mass is 16.1. The van der Waals surface area contributed by atoms with Crippen molar-refractivity contribution in [2.45, 2.75) is 26.9 Å². The van der Waals surface area contributed by atoms with E-state index in [-0.39, 0.29) is 5.91 Å². The molecule has 2 aromatic carbocycles. The largest absolute Gasteiger partial charge is 0.355 e. The number of aryl methyl sites for hydroxylation is 2. The topological polar surface area (TPSA) is 65.5 Å². The van der Waals surface area contributed by atoms with Gasteiger partial charge in [0.2, 0.25) is 0 Å². The fourth-order valence-electron chi connectivity index (χ4n) is 2.60. The molecule has 0 radical (unpaired) electrons. The number of hydrogen-bond acceptors (Lipinski definition) is 2. The molecule has 0 fully saturated rings. The van der Waals surface area contributed by atoms with Gasteiger partial charge in [-0.25, -0.2) is 0 Å². The van der Waals surface area contributed by atoms with Crippen LogP contribution in [0.4, 0.5) is 0 Å². The van der Waals surface area contributed by atoms with E-state index in [1.165, 1.54) is 16.7 Å². The average molecular weight is 338 g/mol.